The van der Waals surface area contributed by atoms with Crippen LogP contribution in [0.2, 0.25) is 0 Å². The van der Waals surface area contributed by atoms with Gasteiger partial charge in [0.05, 0.1) is 6.61 Å². The molecule has 0 rings (SSSR count). The summed E-state index contributed by atoms with van der Waals surface area (Å²) in [4.78, 5) is 12.3. The van der Waals surface area contributed by atoms with Gasteiger partial charge in [-0.15, -0.1) is 11.4 Å². The third kappa shape index (κ3) is 29.6. The first-order valence-corrected chi connectivity index (χ1v) is 17.7. The molecule has 0 aliphatic carbocycles. The molecule has 0 fully saturated rings. The first-order chi connectivity index (χ1) is 14.8. The second kappa shape index (κ2) is 25.6. The fraction of sp³-hybridized carbons (Fsp3) is 1.00. The van der Waals surface area contributed by atoms with Gasteiger partial charge >= 0.3 is 19.5 Å². The molecule has 0 aliphatic rings. The molecule has 0 aromatic heterocycles. The maximum Gasteiger partial charge on any atom is 1.00 e. The monoisotopic (exact) mass is 557 g/mol. The Morgan fingerprint density at radius 2 is 0.969 bits per heavy atom. The van der Waals surface area contributed by atoms with E-state index in [1.807, 2.05) is 0 Å². The van der Waals surface area contributed by atoms with Crippen LogP contribution in [0.25, 0.3) is 0 Å². The SMILES string of the molecule is CC(C)CCCCCCCCCCOP([O-])(=S)SCCCCCCCCCCC(C)C.[Zn+]. The Morgan fingerprint density at radius 1 is 0.625 bits per heavy atom. The normalized spacial score (nSPS) is 13.5. The van der Waals surface area contributed by atoms with Crippen LogP contribution in [-0.2, 0) is 35.8 Å². The van der Waals surface area contributed by atoms with Gasteiger partial charge in [0.2, 0.25) is 0 Å². The van der Waals surface area contributed by atoms with Gasteiger partial charge in [-0.05, 0) is 30.4 Å². The molecule has 0 saturated heterocycles. The van der Waals surface area contributed by atoms with Crippen LogP contribution in [0, 0.1) is 11.8 Å². The van der Waals surface area contributed by atoms with Gasteiger partial charge in [-0.25, -0.2) is 0 Å². The molecule has 1 unspecified atom stereocenters. The molecule has 0 heterocycles. The van der Waals surface area contributed by atoms with Crippen molar-refractivity contribution in [2.24, 2.45) is 11.8 Å². The van der Waals surface area contributed by atoms with Crippen molar-refractivity contribution in [1.82, 2.24) is 0 Å². The Balaban J connectivity index is 0. The van der Waals surface area contributed by atoms with Crippen LogP contribution in [0.5, 0.6) is 0 Å². The van der Waals surface area contributed by atoms with Gasteiger partial charge in [-0.2, -0.15) is 0 Å². The first-order valence-electron chi connectivity index (χ1n) is 13.4. The summed E-state index contributed by atoms with van der Waals surface area (Å²) >= 11 is 6.58. The third-order valence-electron chi connectivity index (χ3n) is 5.85. The van der Waals surface area contributed by atoms with E-state index < -0.39 is 5.69 Å². The maximum atomic E-state index is 12.3. The van der Waals surface area contributed by atoms with Crippen molar-refractivity contribution in [1.29, 1.82) is 0 Å². The van der Waals surface area contributed by atoms with Crippen LogP contribution in [0.1, 0.15) is 143 Å². The van der Waals surface area contributed by atoms with E-state index >= 15 is 0 Å². The summed E-state index contributed by atoms with van der Waals surface area (Å²) in [5.74, 6) is 2.57. The van der Waals surface area contributed by atoms with Crippen molar-refractivity contribution >= 4 is 28.9 Å². The molecule has 32 heavy (non-hydrogen) atoms. The van der Waals surface area contributed by atoms with Crippen molar-refractivity contribution in [3.63, 3.8) is 0 Å². The van der Waals surface area contributed by atoms with E-state index in [1.165, 1.54) is 114 Å². The molecule has 0 aliphatic heterocycles. The van der Waals surface area contributed by atoms with E-state index in [0.717, 1.165) is 30.4 Å². The Hall–Kier alpha value is 1.54. The second-order valence-electron chi connectivity index (χ2n) is 10.1. The molecule has 2 nitrogen and oxygen atoms in total. The fourth-order valence-corrected chi connectivity index (χ4v) is 7.20. The predicted molar refractivity (Wildman–Crippen MR) is 145 cm³/mol. The minimum absolute atomic E-state index is 0. The zero-order valence-electron chi connectivity index (χ0n) is 22.1. The molecule has 0 aromatic carbocycles. The van der Waals surface area contributed by atoms with Crippen LogP contribution < -0.4 is 4.89 Å². The second-order valence-corrected chi connectivity index (χ2v) is 16.3. The molecule has 0 spiro atoms. The van der Waals surface area contributed by atoms with Gasteiger partial charge in [0.1, 0.15) is 0 Å². The average Bonchev–Trinajstić information content (AvgIpc) is 2.69. The van der Waals surface area contributed by atoms with Gasteiger partial charge in [0.25, 0.3) is 0 Å². The van der Waals surface area contributed by atoms with E-state index in [1.54, 1.807) is 0 Å². The van der Waals surface area contributed by atoms with Crippen molar-refractivity contribution in [2.75, 3.05) is 12.4 Å². The molecule has 0 aromatic rings. The zero-order valence-corrected chi connectivity index (χ0v) is 27.6. The van der Waals surface area contributed by atoms with Crippen LogP contribution >= 0.6 is 17.1 Å². The quantitative estimate of drug-likeness (QED) is 0.0670. The molecule has 6 heteroatoms. The van der Waals surface area contributed by atoms with Gasteiger partial charge in [0.15, 0.2) is 0 Å². The zero-order chi connectivity index (χ0) is 23.2. The maximum absolute atomic E-state index is 12.3. The average molecular weight is 559 g/mol. The number of unbranched alkanes of at least 4 members (excludes halogenated alkanes) is 14. The fourth-order valence-electron chi connectivity index (χ4n) is 3.82. The Bertz CT molecular complexity index is 389. The summed E-state index contributed by atoms with van der Waals surface area (Å²) in [6.07, 6.45) is 23.5. The van der Waals surface area contributed by atoms with Crippen LogP contribution in [-0.4, -0.2) is 12.4 Å². The molecule has 1 radical (unpaired) electrons. The summed E-state index contributed by atoms with van der Waals surface area (Å²) in [5, 5.41) is 0. The Kier molecular flexibility index (Phi) is 28.6. The number of hydrogen-bond donors (Lipinski definition) is 0. The number of rotatable bonds is 24. The Morgan fingerprint density at radius 3 is 1.38 bits per heavy atom. The summed E-state index contributed by atoms with van der Waals surface area (Å²) in [6, 6.07) is 0. The molecule has 0 N–H and O–H groups in total. The summed E-state index contributed by atoms with van der Waals surface area (Å²) in [6.45, 7) is 9.80. The molecular weight excluding hydrogens is 505 g/mol. The molecule has 0 saturated carbocycles. The topological polar surface area (TPSA) is 32.3 Å². The number of hydrogen-bond acceptors (Lipinski definition) is 4. The first kappa shape index (κ1) is 35.7. The van der Waals surface area contributed by atoms with Gasteiger partial charge < -0.3 is 9.42 Å². The van der Waals surface area contributed by atoms with Crippen LogP contribution in [0.15, 0.2) is 0 Å². The van der Waals surface area contributed by atoms with Gasteiger partial charge in [-0.3, -0.25) is 0 Å². The van der Waals surface area contributed by atoms with E-state index in [2.05, 4.69) is 27.7 Å². The minimum Gasteiger partial charge on any atom is -0.793 e. The van der Waals surface area contributed by atoms with Crippen molar-refractivity contribution in [3.8, 4) is 0 Å². The Labute approximate surface area is 224 Å². The van der Waals surface area contributed by atoms with Crippen molar-refractivity contribution in [3.05, 3.63) is 0 Å². The van der Waals surface area contributed by atoms with Crippen molar-refractivity contribution < 1.29 is 28.9 Å². The van der Waals surface area contributed by atoms with Crippen molar-refractivity contribution in [2.45, 2.75) is 143 Å². The molecule has 0 amide bonds. The largest absolute Gasteiger partial charge is 1.00 e. The van der Waals surface area contributed by atoms with E-state index in [4.69, 9.17) is 16.3 Å². The summed E-state index contributed by atoms with van der Waals surface area (Å²) in [5.41, 5.74) is -2.86. The molecular formula is C26H54O2PS2Zn. The van der Waals surface area contributed by atoms with Gasteiger partial charge in [-0.1, -0.05) is 142 Å². The van der Waals surface area contributed by atoms with Gasteiger partial charge in [0, 0.05) is 5.69 Å². The van der Waals surface area contributed by atoms with Crippen LogP contribution in [0.3, 0.4) is 0 Å². The standard InChI is InChI=1S/C26H55O2PS2.Zn/c1-25(2)21-17-13-9-5-7-11-15-19-23-28-29(27,30)31-24-20-16-12-8-6-10-14-18-22-26(3)4;/h25-26H,5-24H2,1-4H3,(H,27,30);/q;+1/p-1. The predicted octanol–water partition coefficient (Wildman–Crippen LogP) is 9.65. The van der Waals surface area contributed by atoms with E-state index in [0.29, 0.717) is 6.61 Å². The molecule has 1 atom stereocenters. The van der Waals surface area contributed by atoms with E-state index in [9.17, 15) is 4.89 Å². The summed E-state index contributed by atoms with van der Waals surface area (Å²) in [7, 11) is 0. The van der Waals surface area contributed by atoms with Crippen LogP contribution in [0.4, 0.5) is 0 Å². The summed E-state index contributed by atoms with van der Waals surface area (Å²) < 4.78 is 5.54. The smallest absolute Gasteiger partial charge is 0.793 e. The van der Waals surface area contributed by atoms with E-state index in [-0.39, 0.29) is 19.5 Å². The third-order valence-corrected chi connectivity index (χ3v) is 10.2. The molecule has 0 bridgehead atoms. The minimum atomic E-state index is -2.86. The molecule has 189 valence electrons.